The van der Waals surface area contributed by atoms with E-state index in [1.807, 2.05) is 0 Å². The van der Waals surface area contributed by atoms with Gasteiger partial charge in [-0.2, -0.15) is 0 Å². The van der Waals surface area contributed by atoms with Gasteiger partial charge >= 0.3 is 12.2 Å². The molecule has 2 aromatic rings. The van der Waals surface area contributed by atoms with E-state index in [2.05, 4.69) is 10.6 Å². The standard InChI is InChI=1S/C32H36F5N5O6/c33-23-21(30(12-14-41(15-13-30)29(46)47)27(44)42-17-32(36,37)18-42)6-7-22(24(23)38)39-26(43)25(20-8-10-31(34,35)11-9-20)40-28(45)48-16-19-4-2-1-3-5-19/h1-7,20,25H,8-18,38H2,(H,39,43)(H,40,45)(H,46,47). The minimum absolute atomic E-state index is 0.0969. The minimum atomic E-state index is -3.10. The second-order valence-corrected chi connectivity index (χ2v) is 12.6. The molecular weight excluding hydrogens is 645 g/mol. The second kappa shape index (κ2) is 13.5. The van der Waals surface area contributed by atoms with Crippen LogP contribution in [-0.2, 0) is 26.3 Å². The van der Waals surface area contributed by atoms with Gasteiger partial charge in [-0.3, -0.25) is 9.59 Å². The lowest BCUT2D eigenvalue weighted by atomic mass is 9.70. The highest BCUT2D eigenvalue weighted by atomic mass is 19.3. The molecule has 0 radical (unpaired) electrons. The molecule has 1 atom stereocenters. The Labute approximate surface area is 272 Å². The zero-order chi connectivity index (χ0) is 34.9. The maximum Gasteiger partial charge on any atom is 0.408 e. The number of ether oxygens (including phenoxy) is 1. The van der Waals surface area contributed by atoms with Crippen LogP contribution in [0.3, 0.4) is 0 Å². The number of rotatable bonds is 8. The number of nitrogens with zero attached hydrogens (tertiary/aromatic N) is 2. The van der Waals surface area contributed by atoms with E-state index in [0.29, 0.717) is 5.56 Å². The second-order valence-electron chi connectivity index (χ2n) is 12.6. The van der Waals surface area contributed by atoms with Gasteiger partial charge in [-0.25, -0.2) is 31.5 Å². The van der Waals surface area contributed by atoms with E-state index in [1.165, 1.54) is 12.1 Å². The molecule has 0 spiro atoms. The lowest BCUT2D eigenvalue weighted by Crippen LogP contribution is -2.64. The largest absolute Gasteiger partial charge is 0.465 e. The van der Waals surface area contributed by atoms with Gasteiger partial charge in [0.15, 0.2) is 5.82 Å². The zero-order valence-corrected chi connectivity index (χ0v) is 25.8. The van der Waals surface area contributed by atoms with Gasteiger partial charge in [0, 0.05) is 31.5 Å². The number of amides is 4. The van der Waals surface area contributed by atoms with Crippen molar-refractivity contribution in [1.29, 1.82) is 0 Å². The van der Waals surface area contributed by atoms with Crippen molar-refractivity contribution in [2.75, 3.05) is 37.2 Å². The summed E-state index contributed by atoms with van der Waals surface area (Å²) in [7, 11) is 0. The molecule has 260 valence electrons. The first-order chi connectivity index (χ1) is 22.6. The fourth-order valence-corrected chi connectivity index (χ4v) is 6.60. The molecule has 0 aromatic heterocycles. The molecule has 2 saturated heterocycles. The van der Waals surface area contributed by atoms with Crippen LogP contribution in [-0.4, -0.2) is 83.0 Å². The quantitative estimate of drug-likeness (QED) is 0.227. The Bertz CT molecular complexity index is 1540. The fraction of sp³-hybridized carbons (Fsp3) is 0.500. The van der Waals surface area contributed by atoms with Crippen molar-refractivity contribution in [3.05, 3.63) is 59.4 Å². The molecule has 4 amide bonds. The van der Waals surface area contributed by atoms with Crippen LogP contribution in [0, 0.1) is 11.7 Å². The smallest absolute Gasteiger partial charge is 0.408 e. The first-order valence-corrected chi connectivity index (χ1v) is 15.5. The first kappa shape index (κ1) is 34.7. The van der Waals surface area contributed by atoms with Gasteiger partial charge < -0.3 is 36.0 Å². The van der Waals surface area contributed by atoms with E-state index in [1.54, 1.807) is 30.3 Å². The third-order valence-corrected chi connectivity index (χ3v) is 9.38. The number of nitrogen functional groups attached to an aromatic ring is 1. The summed E-state index contributed by atoms with van der Waals surface area (Å²) >= 11 is 0. The van der Waals surface area contributed by atoms with Crippen molar-refractivity contribution in [2.24, 2.45) is 5.92 Å². The van der Waals surface area contributed by atoms with Gasteiger partial charge in [-0.1, -0.05) is 36.4 Å². The molecule has 2 aromatic carbocycles. The molecule has 2 heterocycles. The molecule has 2 aliphatic heterocycles. The van der Waals surface area contributed by atoms with E-state index in [-0.39, 0.29) is 56.6 Å². The summed E-state index contributed by atoms with van der Waals surface area (Å²) in [5.74, 6) is -9.51. The number of carbonyl (C=O) groups is 4. The third-order valence-electron chi connectivity index (χ3n) is 9.38. The van der Waals surface area contributed by atoms with Crippen LogP contribution in [0.5, 0.6) is 0 Å². The van der Waals surface area contributed by atoms with Gasteiger partial charge in [0.05, 0.1) is 29.9 Å². The number of nitrogens with two attached hydrogens (primary N) is 1. The van der Waals surface area contributed by atoms with Crippen molar-refractivity contribution in [3.8, 4) is 0 Å². The Balaban J connectivity index is 1.37. The van der Waals surface area contributed by atoms with Crippen LogP contribution in [0.1, 0.15) is 49.7 Å². The molecule has 48 heavy (non-hydrogen) atoms. The number of benzene rings is 2. The van der Waals surface area contributed by atoms with Gasteiger partial charge in [0.25, 0.3) is 5.92 Å². The molecule has 5 rings (SSSR count). The Morgan fingerprint density at radius 2 is 1.54 bits per heavy atom. The number of nitrogens with one attached hydrogen (secondary N) is 2. The minimum Gasteiger partial charge on any atom is -0.465 e. The van der Waals surface area contributed by atoms with Gasteiger partial charge in [0.1, 0.15) is 12.6 Å². The Hall–Kier alpha value is -4.63. The number of likely N-dealkylation sites (tertiary alicyclic amines) is 2. The number of carboxylic acid groups (broad SMARTS) is 1. The highest BCUT2D eigenvalue weighted by Crippen LogP contribution is 2.44. The van der Waals surface area contributed by atoms with Crippen LogP contribution in [0.4, 0.5) is 42.9 Å². The average Bonchev–Trinajstić information content (AvgIpc) is 3.04. The number of hydrogen-bond donors (Lipinski definition) is 4. The summed E-state index contributed by atoms with van der Waals surface area (Å²) in [6, 6.07) is 9.74. The van der Waals surface area contributed by atoms with Gasteiger partial charge in [0.2, 0.25) is 17.7 Å². The third kappa shape index (κ3) is 7.41. The molecule has 16 heteroatoms. The number of alkyl carbamates (subject to hydrolysis) is 1. The van der Waals surface area contributed by atoms with Gasteiger partial charge in [-0.05, 0) is 43.2 Å². The molecule has 1 saturated carbocycles. The first-order valence-electron chi connectivity index (χ1n) is 15.5. The van der Waals surface area contributed by atoms with Gasteiger partial charge in [-0.15, -0.1) is 0 Å². The highest BCUT2D eigenvalue weighted by molar-refractivity contribution is 5.99. The van der Waals surface area contributed by atoms with E-state index in [0.717, 1.165) is 9.80 Å². The number of halogens is 5. The van der Waals surface area contributed by atoms with Crippen molar-refractivity contribution >= 4 is 35.4 Å². The molecule has 1 aliphatic carbocycles. The SMILES string of the molecule is Nc1c(NC(=O)C(NC(=O)OCc2ccccc2)C2CCC(F)(F)CC2)ccc(C2(C(=O)N3CC(F)(F)C3)CCN(C(=O)O)CC2)c1F. The van der Waals surface area contributed by atoms with Crippen LogP contribution >= 0.6 is 0 Å². The zero-order valence-electron chi connectivity index (χ0n) is 25.8. The molecule has 11 nitrogen and oxygen atoms in total. The summed E-state index contributed by atoms with van der Waals surface area (Å²) in [6.07, 6.45) is -3.84. The van der Waals surface area contributed by atoms with Crippen LogP contribution in [0.15, 0.2) is 42.5 Å². The monoisotopic (exact) mass is 681 g/mol. The predicted octanol–water partition coefficient (Wildman–Crippen LogP) is 4.96. The van der Waals surface area contributed by atoms with E-state index >= 15 is 4.39 Å². The van der Waals surface area contributed by atoms with Crippen molar-refractivity contribution < 1.29 is 51.0 Å². The van der Waals surface area contributed by atoms with E-state index in [9.17, 15) is 41.8 Å². The molecule has 0 bridgehead atoms. The number of anilines is 2. The summed E-state index contributed by atoms with van der Waals surface area (Å²) in [6.45, 7) is -2.19. The van der Waals surface area contributed by atoms with Crippen molar-refractivity contribution in [2.45, 2.75) is 68.4 Å². The summed E-state index contributed by atoms with van der Waals surface area (Å²) in [5, 5.41) is 14.3. The predicted molar refractivity (Wildman–Crippen MR) is 162 cm³/mol. The number of hydrogen-bond acceptors (Lipinski definition) is 6. The van der Waals surface area contributed by atoms with Crippen LogP contribution in [0.25, 0.3) is 0 Å². The molecule has 5 N–H and O–H groups in total. The van der Waals surface area contributed by atoms with E-state index < -0.39 is 90.7 Å². The van der Waals surface area contributed by atoms with E-state index in [4.69, 9.17) is 10.5 Å². The maximum absolute atomic E-state index is 16.1. The summed E-state index contributed by atoms with van der Waals surface area (Å²) < 4.78 is 76.6. The lowest BCUT2D eigenvalue weighted by Gasteiger charge is -2.47. The molecule has 1 unspecified atom stereocenters. The maximum atomic E-state index is 16.1. The highest BCUT2D eigenvalue weighted by Gasteiger charge is 2.54. The summed E-state index contributed by atoms with van der Waals surface area (Å²) in [4.78, 5) is 53.3. The molecule has 3 aliphatic rings. The summed E-state index contributed by atoms with van der Waals surface area (Å²) in [5.41, 5.74) is 4.00. The lowest BCUT2D eigenvalue weighted by molar-refractivity contribution is -0.173. The Morgan fingerprint density at radius 1 is 0.917 bits per heavy atom. The average molecular weight is 682 g/mol. The normalized spacial score (nSPS) is 20.6. The van der Waals surface area contributed by atoms with Crippen molar-refractivity contribution in [3.63, 3.8) is 0 Å². The van der Waals surface area contributed by atoms with Crippen LogP contribution in [0.2, 0.25) is 0 Å². The number of piperidine rings is 1. The molecule has 3 fully saturated rings. The number of carbonyl (C=O) groups excluding carboxylic acids is 3. The van der Waals surface area contributed by atoms with Crippen molar-refractivity contribution in [1.82, 2.24) is 15.1 Å². The number of alkyl halides is 4. The topological polar surface area (TPSA) is 154 Å². The van der Waals surface area contributed by atoms with Crippen LogP contribution < -0.4 is 16.4 Å². The Morgan fingerprint density at radius 3 is 2.12 bits per heavy atom. The fourth-order valence-electron chi connectivity index (χ4n) is 6.60. The molecular formula is C32H36F5N5O6. The Kier molecular flexibility index (Phi) is 9.74.